The molecule has 1 aliphatic heterocycles. The number of Topliss-reactive ketones (excluding diaryl/α,β-unsaturated/α-hetero) is 1. The van der Waals surface area contributed by atoms with Gasteiger partial charge in [0.05, 0.1) is 62.3 Å². The first-order valence-corrected chi connectivity index (χ1v) is 27.8. The Morgan fingerprint density at radius 2 is 1.35 bits per heavy atom. The van der Waals surface area contributed by atoms with Crippen LogP contribution in [-0.2, 0) is 46.5 Å². The molecule has 0 bridgehead atoms. The lowest BCUT2D eigenvalue weighted by molar-refractivity contribution is -0.154. The predicted molar refractivity (Wildman–Crippen MR) is 278 cm³/mol. The van der Waals surface area contributed by atoms with Gasteiger partial charge in [-0.2, -0.15) is 0 Å². The molecule has 1 saturated heterocycles. The quantitative estimate of drug-likeness (QED) is 0.0476. The molecule has 0 saturated carbocycles. The smallest absolute Gasteiger partial charge is 0.261 e. The predicted octanol–water partition coefficient (Wildman–Crippen LogP) is 10.3. The highest BCUT2D eigenvalue weighted by atomic mass is 32.2. The Morgan fingerprint density at radius 1 is 0.812 bits per heavy atom. The maximum atomic E-state index is 15.2. The van der Waals surface area contributed by atoms with Crippen LogP contribution in [0.1, 0.15) is 85.3 Å². The van der Waals surface area contributed by atoms with Gasteiger partial charge in [0.1, 0.15) is 11.0 Å². The molecule has 5 aromatic carbocycles. The van der Waals surface area contributed by atoms with E-state index in [4.69, 9.17) is 23.4 Å². The van der Waals surface area contributed by atoms with Gasteiger partial charge in [0.2, 0.25) is 0 Å². The van der Waals surface area contributed by atoms with Gasteiger partial charge in [-0.1, -0.05) is 176 Å². The summed E-state index contributed by atoms with van der Waals surface area (Å²) < 4.78 is 62.4. The molecular formula is C58H74O9SSi. The van der Waals surface area contributed by atoms with Crippen molar-refractivity contribution in [2.75, 3.05) is 13.7 Å². The average Bonchev–Trinajstić information content (AvgIpc) is 3.35. The number of rotatable bonds is 24. The molecule has 1 fully saturated rings. The number of hydrogen-bond acceptors (Lipinski definition) is 9. The van der Waals surface area contributed by atoms with E-state index < -0.39 is 58.8 Å². The Balaban J connectivity index is 1.31. The minimum absolute atomic E-state index is 0.000348. The van der Waals surface area contributed by atoms with Gasteiger partial charge in [-0.3, -0.25) is 4.79 Å². The van der Waals surface area contributed by atoms with Crippen molar-refractivity contribution < 1.29 is 41.7 Å². The fraction of sp³-hybridized carbons (Fsp3) is 0.431. The van der Waals surface area contributed by atoms with Crippen LogP contribution in [0.4, 0.5) is 0 Å². The van der Waals surface area contributed by atoms with Gasteiger partial charge >= 0.3 is 0 Å². The molecule has 9 nitrogen and oxygen atoms in total. The van der Waals surface area contributed by atoms with Gasteiger partial charge in [0, 0.05) is 23.7 Å². The molecule has 0 radical (unpaired) electrons. The maximum Gasteiger partial charge on any atom is 0.261 e. The number of aliphatic hydroxyl groups excluding tert-OH is 1. The monoisotopic (exact) mass is 974 g/mol. The van der Waals surface area contributed by atoms with Crippen LogP contribution in [0.3, 0.4) is 0 Å². The molecule has 1 heterocycles. The van der Waals surface area contributed by atoms with Crippen molar-refractivity contribution in [3.63, 3.8) is 0 Å². The number of methoxy groups -OCH3 is 1. The fourth-order valence-corrected chi connectivity index (χ4v) is 16.2. The minimum atomic E-state index is -4.21. The molecule has 6 rings (SSSR count). The van der Waals surface area contributed by atoms with E-state index in [1.54, 1.807) is 44.4 Å². The van der Waals surface area contributed by atoms with Crippen molar-refractivity contribution in [1.29, 1.82) is 0 Å². The molecule has 0 spiro atoms. The van der Waals surface area contributed by atoms with Crippen molar-refractivity contribution >= 4 is 34.3 Å². The number of ether oxygens (including phenoxy) is 4. The van der Waals surface area contributed by atoms with Crippen molar-refractivity contribution in [3.05, 3.63) is 169 Å². The van der Waals surface area contributed by atoms with E-state index in [0.29, 0.717) is 25.2 Å². The minimum Gasteiger partial charge on any atom is -0.497 e. The Morgan fingerprint density at radius 3 is 1.88 bits per heavy atom. The zero-order valence-corrected chi connectivity index (χ0v) is 43.6. The number of carbonyl (C=O) groups excluding carboxylic acids is 1. The third-order valence-corrected chi connectivity index (χ3v) is 21.3. The van der Waals surface area contributed by atoms with Crippen LogP contribution in [0.5, 0.6) is 5.75 Å². The average molecular weight is 975 g/mol. The lowest BCUT2D eigenvalue weighted by atomic mass is 9.76. The molecule has 0 aliphatic carbocycles. The van der Waals surface area contributed by atoms with Crippen LogP contribution in [0, 0.1) is 17.3 Å². The van der Waals surface area contributed by atoms with Gasteiger partial charge in [0.15, 0.2) is 15.6 Å². The second-order valence-electron chi connectivity index (χ2n) is 20.3. The van der Waals surface area contributed by atoms with Crippen molar-refractivity contribution in [1.82, 2.24) is 0 Å². The van der Waals surface area contributed by atoms with E-state index >= 15 is 4.79 Å². The second-order valence-corrected chi connectivity index (χ2v) is 26.8. The third kappa shape index (κ3) is 13.0. The second kappa shape index (κ2) is 23.9. The van der Waals surface area contributed by atoms with Gasteiger partial charge < -0.3 is 28.5 Å². The van der Waals surface area contributed by atoms with E-state index in [1.165, 1.54) is 0 Å². The summed E-state index contributed by atoms with van der Waals surface area (Å²) in [5.74, 6) is -0.539. The first kappa shape index (κ1) is 53.6. The third-order valence-electron chi connectivity index (χ3n) is 14.2. The largest absolute Gasteiger partial charge is 0.497 e. The first-order valence-electron chi connectivity index (χ1n) is 24.3. The summed E-state index contributed by atoms with van der Waals surface area (Å²) in [5.41, 5.74) is 0.914. The summed E-state index contributed by atoms with van der Waals surface area (Å²) in [6, 6.07) is 46.3. The number of sulfone groups is 1. The summed E-state index contributed by atoms with van der Waals surface area (Å²) in [6.45, 7) is 18.9. The van der Waals surface area contributed by atoms with Crippen LogP contribution >= 0.6 is 0 Å². The fourth-order valence-electron chi connectivity index (χ4n) is 9.79. The molecule has 8 atom stereocenters. The molecule has 1 N–H and O–H groups in total. The van der Waals surface area contributed by atoms with Crippen LogP contribution in [0.25, 0.3) is 0 Å². The van der Waals surface area contributed by atoms with Crippen molar-refractivity contribution in [3.8, 4) is 5.75 Å². The number of benzene rings is 5. The standard InChI is InChI=1S/C58H74O9SSi/c1-10-23-51-43(3)52(64-39-44-24-15-11-16-25-44)37-47(67-51)38-53(68(61,62)48-26-17-12-18-27-48)56(60)42(2)36-55(65-40-45-32-34-46(63-9)35-33-45)58(7,8)54(59)41-66-69(57(4,5)6,49-28-19-13-20-29-49)50-30-21-14-22-31-50/h10-22,24-35,42-43,47,51-55,59H,1,23,36-41H2,2-9H3/t42-,43+,47+,51+,52+,53?,54-,55-/m1/s1. The van der Waals surface area contributed by atoms with Crippen LogP contribution < -0.4 is 15.1 Å². The van der Waals surface area contributed by atoms with E-state index in [0.717, 1.165) is 21.5 Å². The Labute approximate surface area is 413 Å². The Bertz CT molecular complexity index is 2420. The maximum absolute atomic E-state index is 15.2. The number of hydrogen-bond donors (Lipinski definition) is 1. The van der Waals surface area contributed by atoms with Gasteiger partial charge in [-0.05, 0) is 70.1 Å². The van der Waals surface area contributed by atoms with E-state index in [9.17, 15) is 13.5 Å². The highest BCUT2D eigenvalue weighted by Gasteiger charge is 2.52. The molecular weight excluding hydrogens is 901 g/mol. The molecule has 0 aromatic heterocycles. The molecule has 69 heavy (non-hydrogen) atoms. The molecule has 5 aromatic rings. The zero-order valence-electron chi connectivity index (χ0n) is 41.8. The molecule has 1 aliphatic rings. The van der Waals surface area contributed by atoms with E-state index in [1.807, 2.05) is 111 Å². The van der Waals surface area contributed by atoms with E-state index in [-0.39, 0.29) is 54.1 Å². The van der Waals surface area contributed by atoms with E-state index in [2.05, 4.69) is 58.5 Å². The lowest BCUT2D eigenvalue weighted by Gasteiger charge is -2.45. The highest BCUT2D eigenvalue weighted by molar-refractivity contribution is 7.92. The number of carbonyl (C=O) groups is 1. The number of aliphatic hydroxyl groups is 1. The SMILES string of the molecule is C=CC[C@@H]1O[C@H](CC(C(=O)[C@H](C)C[C@@H](OCc2ccc(OC)cc2)C(C)(C)[C@H](O)CO[Si](c2ccccc2)(c2ccccc2)C(C)(C)C)S(=O)(=O)c2ccccc2)C[C@H](OCc2ccccc2)[C@H]1C. The normalized spacial score (nSPS) is 19.8. The molecule has 0 amide bonds. The van der Waals surface area contributed by atoms with Crippen molar-refractivity contribution in [2.45, 2.75) is 133 Å². The lowest BCUT2D eigenvalue weighted by Crippen LogP contribution is -2.67. The Hall–Kier alpha value is -4.72. The topological polar surface area (TPSA) is 118 Å². The highest BCUT2D eigenvalue weighted by Crippen LogP contribution is 2.40. The summed E-state index contributed by atoms with van der Waals surface area (Å²) in [6.07, 6.45) is -0.0454. The van der Waals surface area contributed by atoms with Crippen LogP contribution in [-0.4, -0.2) is 77.1 Å². The van der Waals surface area contributed by atoms with Gasteiger partial charge in [-0.25, -0.2) is 8.42 Å². The summed E-state index contributed by atoms with van der Waals surface area (Å²) in [5, 5.41) is 12.9. The first-order chi connectivity index (χ1) is 32.9. The van der Waals surface area contributed by atoms with Gasteiger partial charge in [-0.15, -0.1) is 6.58 Å². The summed E-state index contributed by atoms with van der Waals surface area (Å²) in [4.78, 5) is 15.3. The van der Waals surface area contributed by atoms with Crippen molar-refractivity contribution in [2.24, 2.45) is 17.3 Å². The van der Waals surface area contributed by atoms with Crippen LogP contribution in [0.15, 0.2) is 163 Å². The number of ketones is 1. The molecule has 370 valence electrons. The summed E-state index contributed by atoms with van der Waals surface area (Å²) in [7, 11) is -5.64. The van der Waals surface area contributed by atoms with Crippen LogP contribution in [0.2, 0.25) is 5.04 Å². The zero-order chi connectivity index (χ0) is 49.8. The Kier molecular flexibility index (Phi) is 18.6. The molecule has 11 heteroatoms. The summed E-state index contributed by atoms with van der Waals surface area (Å²) >= 11 is 0. The van der Waals surface area contributed by atoms with Gasteiger partial charge in [0.25, 0.3) is 8.32 Å². The molecule has 1 unspecified atom stereocenters.